The van der Waals surface area contributed by atoms with Crippen LogP contribution < -0.4 is 10.2 Å². The number of nitrogens with zero attached hydrogens (tertiary/aromatic N) is 1. The Kier molecular flexibility index (Phi) is 2.99. The minimum atomic E-state index is -1.74. The van der Waals surface area contributed by atoms with Gasteiger partial charge >= 0.3 is 0 Å². The maximum absolute atomic E-state index is 10.6. The number of nitro groups is 1. The third-order valence-corrected chi connectivity index (χ3v) is 2.47. The molecule has 0 amide bonds. The number of nitro benzene ring substituents is 1. The highest BCUT2D eigenvalue weighted by Gasteiger charge is 2.19. The summed E-state index contributed by atoms with van der Waals surface area (Å²) >= 11 is 0. The Morgan fingerprint density at radius 1 is 1.40 bits per heavy atom. The molecule has 82 valence electrons. The Balaban J connectivity index is 3.03. The second-order valence-corrected chi connectivity index (χ2v) is 8.62. The minimum Gasteiger partial charge on any atom is -0.544 e. The quantitative estimate of drug-likeness (QED) is 0.371. The molecule has 0 aliphatic rings. The van der Waals surface area contributed by atoms with Crippen molar-refractivity contribution in [2.45, 2.75) is 19.6 Å². The van der Waals surface area contributed by atoms with Gasteiger partial charge < -0.3 is 10.2 Å². The van der Waals surface area contributed by atoms with Gasteiger partial charge in [0, 0.05) is 0 Å². The van der Waals surface area contributed by atoms with Crippen LogP contribution in [0.4, 0.5) is 11.4 Å². The molecule has 1 aromatic carbocycles. The number of hydrogen-bond donors (Lipinski definition) is 1. The van der Waals surface area contributed by atoms with E-state index >= 15 is 0 Å². The summed E-state index contributed by atoms with van der Waals surface area (Å²) in [5.74, 6) is 0.509. The van der Waals surface area contributed by atoms with E-state index in [0.717, 1.165) is 0 Å². The molecule has 1 rings (SSSR count). The first kappa shape index (κ1) is 11.5. The zero-order valence-corrected chi connectivity index (χ0v) is 9.98. The van der Waals surface area contributed by atoms with Gasteiger partial charge in [0.15, 0.2) is 0 Å². The van der Waals surface area contributed by atoms with E-state index in [4.69, 9.17) is 10.2 Å². The smallest absolute Gasteiger partial charge is 0.295 e. The van der Waals surface area contributed by atoms with Gasteiger partial charge in [-0.1, -0.05) is 0 Å². The van der Waals surface area contributed by atoms with Crippen LogP contribution in [-0.4, -0.2) is 13.2 Å². The lowest BCUT2D eigenvalue weighted by Gasteiger charge is -2.18. The summed E-state index contributed by atoms with van der Waals surface area (Å²) in [6.07, 6.45) is 0. The van der Waals surface area contributed by atoms with Crippen molar-refractivity contribution in [2.24, 2.45) is 0 Å². The third-order valence-electron chi connectivity index (χ3n) is 1.62. The normalized spacial score (nSPS) is 11.1. The second kappa shape index (κ2) is 3.89. The molecule has 0 aliphatic heterocycles. The molecule has 0 aromatic heterocycles. The average molecular weight is 226 g/mol. The summed E-state index contributed by atoms with van der Waals surface area (Å²) in [7, 11) is -1.74. The van der Waals surface area contributed by atoms with Gasteiger partial charge in [-0.3, -0.25) is 10.1 Å². The van der Waals surface area contributed by atoms with Crippen molar-refractivity contribution in [1.29, 1.82) is 0 Å². The van der Waals surface area contributed by atoms with Crippen LogP contribution in [0, 0.1) is 10.1 Å². The molecule has 0 saturated carbocycles. The zero-order valence-electron chi connectivity index (χ0n) is 8.98. The highest BCUT2D eigenvalue weighted by molar-refractivity contribution is 6.70. The lowest BCUT2D eigenvalue weighted by molar-refractivity contribution is -0.383. The zero-order chi connectivity index (χ0) is 11.6. The monoisotopic (exact) mass is 226 g/mol. The van der Waals surface area contributed by atoms with Gasteiger partial charge in [-0.2, -0.15) is 0 Å². The molecule has 0 fully saturated rings. The molecule has 0 atom stereocenters. The fraction of sp³-hybridized carbons (Fsp3) is 0.333. The molecule has 0 heterocycles. The first-order valence-electron chi connectivity index (χ1n) is 4.52. The maximum atomic E-state index is 10.6. The van der Waals surface area contributed by atoms with Gasteiger partial charge in [-0.25, -0.2) is 0 Å². The van der Waals surface area contributed by atoms with E-state index in [1.54, 1.807) is 6.07 Å². The SMILES string of the molecule is C[Si](C)(C)Oc1ccc(N)c([N+](=O)[O-])c1. The number of anilines is 1. The van der Waals surface area contributed by atoms with Crippen LogP contribution >= 0.6 is 0 Å². The third kappa shape index (κ3) is 3.24. The van der Waals surface area contributed by atoms with Gasteiger partial charge in [0.2, 0.25) is 8.32 Å². The van der Waals surface area contributed by atoms with Crippen molar-refractivity contribution in [2.75, 3.05) is 5.73 Å². The Morgan fingerprint density at radius 3 is 2.47 bits per heavy atom. The predicted molar refractivity (Wildman–Crippen MR) is 61.5 cm³/mol. The maximum Gasteiger partial charge on any atom is 0.295 e. The summed E-state index contributed by atoms with van der Waals surface area (Å²) in [6, 6.07) is 4.52. The largest absolute Gasteiger partial charge is 0.544 e. The fourth-order valence-electron chi connectivity index (χ4n) is 1.10. The van der Waals surface area contributed by atoms with Crippen LogP contribution in [-0.2, 0) is 0 Å². The Morgan fingerprint density at radius 2 is 2.00 bits per heavy atom. The van der Waals surface area contributed by atoms with Crippen molar-refractivity contribution in [3.05, 3.63) is 28.3 Å². The molecule has 0 unspecified atom stereocenters. The Hall–Kier alpha value is -1.56. The molecular weight excluding hydrogens is 212 g/mol. The first-order chi connectivity index (χ1) is 6.79. The number of nitrogen functional groups attached to an aromatic ring is 1. The van der Waals surface area contributed by atoms with E-state index < -0.39 is 13.2 Å². The van der Waals surface area contributed by atoms with Crippen molar-refractivity contribution < 1.29 is 9.35 Å². The van der Waals surface area contributed by atoms with E-state index in [1.165, 1.54) is 12.1 Å². The number of nitrogens with two attached hydrogens (primary N) is 1. The molecule has 0 saturated heterocycles. The molecule has 0 aliphatic carbocycles. The molecule has 1 aromatic rings. The van der Waals surface area contributed by atoms with Gasteiger partial charge in [-0.05, 0) is 31.8 Å². The van der Waals surface area contributed by atoms with Crippen LogP contribution in [0.3, 0.4) is 0 Å². The summed E-state index contributed by atoms with van der Waals surface area (Å²) in [4.78, 5) is 10.1. The highest BCUT2D eigenvalue weighted by Crippen LogP contribution is 2.27. The van der Waals surface area contributed by atoms with Crippen LogP contribution in [0.15, 0.2) is 18.2 Å². The van der Waals surface area contributed by atoms with Crippen LogP contribution in [0.1, 0.15) is 0 Å². The molecule has 2 N–H and O–H groups in total. The fourth-order valence-corrected chi connectivity index (χ4v) is 1.93. The second-order valence-electron chi connectivity index (χ2n) is 4.19. The van der Waals surface area contributed by atoms with Crippen molar-refractivity contribution in [1.82, 2.24) is 0 Å². The van der Waals surface area contributed by atoms with Crippen LogP contribution in [0.5, 0.6) is 5.75 Å². The number of benzene rings is 1. The van der Waals surface area contributed by atoms with Crippen LogP contribution in [0.25, 0.3) is 0 Å². The van der Waals surface area contributed by atoms with Gasteiger partial charge in [0.1, 0.15) is 11.4 Å². The standard InChI is InChI=1S/C9H14N2O3Si/c1-15(2,3)14-7-4-5-8(10)9(6-7)11(12)13/h4-6H,10H2,1-3H3. The van der Waals surface area contributed by atoms with E-state index in [1.807, 2.05) is 19.6 Å². The van der Waals surface area contributed by atoms with Crippen molar-refractivity contribution in [3.63, 3.8) is 0 Å². The average Bonchev–Trinajstić information content (AvgIpc) is 2.05. The predicted octanol–water partition coefficient (Wildman–Crippen LogP) is 2.39. The summed E-state index contributed by atoms with van der Waals surface area (Å²) in [5.41, 5.74) is 5.52. The topological polar surface area (TPSA) is 78.4 Å². The van der Waals surface area contributed by atoms with Crippen molar-refractivity contribution >= 4 is 19.7 Å². The molecule has 0 bridgehead atoms. The van der Waals surface area contributed by atoms with E-state index in [9.17, 15) is 10.1 Å². The molecule has 0 spiro atoms. The Bertz CT molecular complexity index is 387. The van der Waals surface area contributed by atoms with E-state index in [2.05, 4.69) is 0 Å². The molecular formula is C9H14N2O3Si. The molecule has 0 radical (unpaired) electrons. The summed E-state index contributed by atoms with van der Waals surface area (Å²) in [5, 5.41) is 10.6. The molecule has 15 heavy (non-hydrogen) atoms. The summed E-state index contributed by atoms with van der Waals surface area (Å²) in [6.45, 7) is 6.03. The van der Waals surface area contributed by atoms with Crippen LogP contribution in [0.2, 0.25) is 19.6 Å². The minimum absolute atomic E-state index is 0.106. The molecule has 5 nitrogen and oxygen atoms in total. The van der Waals surface area contributed by atoms with Gasteiger partial charge in [0.05, 0.1) is 11.0 Å². The number of hydrogen-bond acceptors (Lipinski definition) is 4. The lowest BCUT2D eigenvalue weighted by Crippen LogP contribution is -2.29. The lowest BCUT2D eigenvalue weighted by atomic mass is 10.2. The highest BCUT2D eigenvalue weighted by atomic mass is 28.4. The van der Waals surface area contributed by atoms with E-state index in [0.29, 0.717) is 5.75 Å². The Labute approximate surface area is 89.1 Å². The number of rotatable bonds is 3. The first-order valence-corrected chi connectivity index (χ1v) is 7.93. The van der Waals surface area contributed by atoms with E-state index in [-0.39, 0.29) is 11.4 Å². The van der Waals surface area contributed by atoms with Gasteiger partial charge in [0.25, 0.3) is 5.69 Å². The van der Waals surface area contributed by atoms with Gasteiger partial charge in [-0.15, -0.1) is 0 Å². The molecule has 6 heteroatoms. The van der Waals surface area contributed by atoms with Crippen molar-refractivity contribution in [3.8, 4) is 5.75 Å². The summed E-state index contributed by atoms with van der Waals surface area (Å²) < 4.78 is 5.63.